The number of nitrogens with zero attached hydrogens (tertiary/aromatic N) is 6. The van der Waals surface area contributed by atoms with E-state index in [1.807, 2.05) is 43.3 Å². The molecule has 5 heterocycles. The molecule has 7 rings (SSSR count). The number of fused-ring (bicyclic) bond motifs is 2. The second kappa shape index (κ2) is 16.4. The van der Waals surface area contributed by atoms with Crippen LogP contribution in [0.3, 0.4) is 0 Å². The molecule has 0 radical (unpaired) electrons. The standard InChI is InChI=1S/C40H43N7O4S3/c1-25-30-10-9-29(19-27(30)13-16-47(25)38(49)28(21-41)20-35-44-31-7-5-6-8-32(31)53-35)50-18-17-46-14-11-26(12-15-46)37(48)45-39-43-23-36(54-39)52-24-34-42-22-33(51-34)40(2,3)4/h5-10,19-20,22-23,25-26H,11-18,24H2,1-4H3,(H,43,45,48)/b28-20+. The van der Waals surface area contributed by atoms with E-state index >= 15 is 0 Å². The molecule has 280 valence electrons. The molecule has 1 unspecified atom stereocenters. The van der Waals surface area contributed by atoms with Gasteiger partial charge in [-0.3, -0.25) is 14.5 Å². The number of ether oxygens (including phenoxy) is 1. The third-order valence-corrected chi connectivity index (χ3v) is 12.9. The molecule has 5 aromatic rings. The van der Waals surface area contributed by atoms with Gasteiger partial charge in [0.1, 0.15) is 34.8 Å². The van der Waals surface area contributed by atoms with Crippen molar-refractivity contribution in [1.82, 2.24) is 24.8 Å². The highest BCUT2D eigenvalue weighted by atomic mass is 32.2. The van der Waals surface area contributed by atoms with E-state index < -0.39 is 0 Å². The van der Waals surface area contributed by atoms with Crippen molar-refractivity contribution in [3.63, 3.8) is 0 Å². The maximum atomic E-state index is 13.5. The third kappa shape index (κ3) is 8.87. The van der Waals surface area contributed by atoms with Crippen molar-refractivity contribution in [3.8, 4) is 11.8 Å². The van der Waals surface area contributed by atoms with Gasteiger partial charge in [-0.15, -0.1) is 23.1 Å². The number of carbonyl (C=O) groups is 2. The van der Waals surface area contributed by atoms with Crippen LogP contribution in [0, 0.1) is 17.2 Å². The summed E-state index contributed by atoms with van der Waals surface area (Å²) in [5.41, 5.74) is 3.08. The summed E-state index contributed by atoms with van der Waals surface area (Å²) in [7, 11) is 0. The Morgan fingerprint density at radius 1 is 1.11 bits per heavy atom. The zero-order valence-corrected chi connectivity index (χ0v) is 33.3. The minimum atomic E-state index is -0.280. The Kier molecular flexibility index (Phi) is 11.5. The van der Waals surface area contributed by atoms with Crippen LogP contribution in [0.4, 0.5) is 5.13 Å². The fourth-order valence-electron chi connectivity index (χ4n) is 6.71. The quantitative estimate of drug-likeness (QED) is 0.0795. The number of thioether (sulfide) groups is 1. The lowest BCUT2D eigenvalue weighted by Crippen LogP contribution is -2.40. The van der Waals surface area contributed by atoms with Crippen LogP contribution in [0.1, 0.15) is 74.4 Å². The molecule has 11 nitrogen and oxygen atoms in total. The molecule has 1 atom stereocenters. The molecule has 1 fully saturated rings. The van der Waals surface area contributed by atoms with Gasteiger partial charge in [-0.2, -0.15) is 5.26 Å². The minimum Gasteiger partial charge on any atom is -0.492 e. The zero-order chi connectivity index (χ0) is 37.8. The largest absolute Gasteiger partial charge is 0.492 e. The van der Waals surface area contributed by atoms with Crippen LogP contribution in [0.2, 0.25) is 0 Å². The van der Waals surface area contributed by atoms with Crippen molar-refractivity contribution in [2.75, 3.05) is 38.1 Å². The SMILES string of the molecule is CC1c2ccc(OCCN3CCC(C(=O)Nc4ncc(SCc5ncc(C(C)(C)C)o5)s4)CC3)cc2CCN1C(=O)/C(C#N)=C/c1nc2ccccc2s1. The molecular weight excluding hydrogens is 739 g/mol. The van der Waals surface area contributed by atoms with E-state index in [2.05, 4.69) is 58.1 Å². The Labute approximate surface area is 327 Å². The number of para-hydroxylation sites is 1. The number of nitriles is 1. The van der Waals surface area contributed by atoms with Crippen molar-refractivity contribution in [2.24, 2.45) is 5.92 Å². The van der Waals surface area contributed by atoms with E-state index in [1.54, 1.807) is 35.1 Å². The van der Waals surface area contributed by atoms with Crippen LogP contribution < -0.4 is 10.1 Å². The average Bonchev–Trinajstić information content (AvgIpc) is 3.93. The normalized spacial score (nSPS) is 17.0. The predicted octanol–water partition coefficient (Wildman–Crippen LogP) is 8.11. The number of rotatable bonds is 11. The fourth-order valence-corrected chi connectivity index (χ4v) is 9.35. The van der Waals surface area contributed by atoms with Crippen molar-refractivity contribution in [3.05, 3.63) is 88.2 Å². The lowest BCUT2D eigenvalue weighted by Gasteiger charge is -2.35. The summed E-state index contributed by atoms with van der Waals surface area (Å²) in [6.07, 6.45) is 7.44. The summed E-state index contributed by atoms with van der Waals surface area (Å²) in [4.78, 5) is 44.1. The van der Waals surface area contributed by atoms with Crippen molar-refractivity contribution in [1.29, 1.82) is 5.26 Å². The average molecular weight is 782 g/mol. The third-order valence-electron chi connectivity index (χ3n) is 9.82. The lowest BCUT2D eigenvalue weighted by molar-refractivity contribution is -0.129. The molecule has 2 amide bonds. The van der Waals surface area contributed by atoms with Gasteiger partial charge in [-0.05, 0) is 80.7 Å². The lowest BCUT2D eigenvalue weighted by atomic mass is 9.92. The first kappa shape index (κ1) is 37.8. The van der Waals surface area contributed by atoms with Crippen molar-refractivity contribution < 1.29 is 18.7 Å². The Hall–Kier alpha value is -4.55. The molecule has 3 aromatic heterocycles. The molecule has 1 saturated heterocycles. The Bertz CT molecular complexity index is 2170. The number of nitrogens with one attached hydrogen (secondary N) is 1. The highest BCUT2D eigenvalue weighted by molar-refractivity contribution is 8.00. The number of likely N-dealkylation sites (tertiary alicyclic amines) is 1. The molecule has 0 spiro atoms. The first-order valence-electron chi connectivity index (χ1n) is 18.1. The van der Waals surface area contributed by atoms with E-state index in [0.717, 1.165) is 69.5 Å². The second-order valence-electron chi connectivity index (χ2n) is 14.6. The zero-order valence-electron chi connectivity index (χ0n) is 30.8. The maximum absolute atomic E-state index is 13.5. The molecule has 0 bridgehead atoms. The van der Waals surface area contributed by atoms with Gasteiger partial charge in [0.05, 0.1) is 38.6 Å². The highest BCUT2D eigenvalue weighted by Crippen LogP contribution is 2.35. The Morgan fingerprint density at radius 3 is 2.69 bits per heavy atom. The van der Waals surface area contributed by atoms with Gasteiger partial charge in [-0.1, -0.05) is 50.3 Å². The van der Waals surface area contributed by atoms with E-state index in [4.69, 9.17) is 9.15 Å². The minimum absolute atomic E-state index is 0.0240. The number of benzene rings is 2. The molecule has 0 saturated carbocycles. The highest BCUT2D eigenvalue weighted by Gasteiger charge is 2.30. The molecule has 2 aromatic carbocycles. The van der Waals surface area contributed by atoms with Crippen LogP contribution in [0.15, 0.2) is 69.1 Å². The van der Waals surface area contributed by atoms with Crippen LogP contribution in [0.25, 0.3) is 16.3 Å². The van der Waals surface area contributed by atoms with Gasteiger partial charge in [0.15, 0.2) is 5.13 Å². The predicted molar refractivity (Wildman–Crippen MR) is 214 cm³/mol. The molecule has 0 aliphatic carbocycles. The molecule has 2 aliphatic rings. The fraction of sp³-hybridized carbons (Fsp3) is 0.400. The summed E-state index contributed by atoms with van der Waals surface area (Å²) in [5.74, 6) is 2.66. The molecule has 2 aliphatic heterocycles. The number of hydrogen-bond acceptors (Lipinski definition) is 12. The van der Waals surface area contributed by atoms with Crippen molar-refractivity contribution >= 4 is 67.7 Å². The van der Waals surface area contributed by atoms with Crippen molar-refractivity contribution in [2.45, 2.75) is 68.4 Å². The summed E-state index contributed by atoms with van der Waals surface area (Å²) in [6.45, 7) is 11.8. The van der Waals surface area contributed by atoms with E-state index in [-0.39, 0.29) is 34.8 Å². The van der Waals surface area contributed by atoms with Gasteiger partial charge in [0.2, 0.25) is 11.8 Å². The maximum Gasteiger partial charge on any atom is 0.265 e. The van der Waals surface area contributed by atoms with Crippen LogP contribution in [-0.4, -0.2) is 69.4 Å². The summed E-state index contributed by atoms with van der Waals surface area (Å²) in [6, 6.07) is 15.8. The number of thiazole rings is 2. The number of anilines is 1. The van der Waals surface area contributed by atoms with E-state index in [1.165, 1.54) is 22.7 Å². The second-order valence-corrected chi connectivity index (χ2v) is 17.9. The summed E-state index contributed by atoms with van der Waals surface area (Å²) < 4.78 is 14.1. The molecule has 1 N–H and O–H groups in total. The number of hydrogen-bond donors (Lipinski definition) is 1. The Balaban J connectivity index is 0.840. The van der Waals surface area contributed by atoms with Crippen LogP contribution in [-0.2, 0) is 27.2 Å². The first-order chi connectivity index (χ1) is 26.0. The van der Waals surface area contributed by atoms with Gasteiger partial charge >= 0.3 is 0 Å². The number of amides is 2. The number of carbonyl (C=O) groups excluding carboxylic acids is 2. The monoisotopic (exact) mass is 781 g/mol. The van der Waals surface area contributed by atoms with Crippen LogP contribution >= 0.6 is 34.4 Å². The van der Waals surface area contributed by atoms with Gasteiger partial charge in [0.25, 0.3) is 5.91 Å². The van der Waals surface area contributed by atoms with E-state index in [9.17, 15) is 14.9 Å². The Morgan fingerprint density at radius 2 is 1.93 bits per heavy atom. The molecular formula is C40H43N7O4S3. The molecule has 54 heavy (non-hydrogen) atoms. The first-order valence-corrected chi connectivity index (χ1v) is 20.8. The van der Waals surface area contributed by atoms with Crippen LogP contribution in [0.5, 0.6) is 5.75 Å². The van der Waals surface area contributed by atoms with E-state index in [0.29, 0.717) is 41.4 Å². The number of piperidine rings is 1. The summed E-state index contributed by atoms with van der Waals surface area (Å²) in [5, 5.41) is 14.2. The summed E-state index contributed by atoms with van der Waals surface area (Å²) >= 11 is 4.54. The number of aromatic nitrogens is 3. The van der Waals surface area contributed by atoms with Gasteiger partial charge in [0, 0.05) is 24.4 Å². The smallest absolute Gasteiger partial charge is 0.265 e. The van der Waals surface area contributed by atoms with Gasteiger partial charge in [-0.25, -0.2) is 15.0 Å². The number of oxazole rings is 1. The molecule has 14 heteroatoms. The topological polar surface area (TPSA) is 137 Å². The van der Waals surface area contributed by atoms with Gasteiger partial charge < -0.3 is 19.4 Å².